The lowest BCUT2D eigenvalue weighted by molar-refractivity contribution is 0.697. The Hall–Kier alpha value is -4.42. The highest BCUT2D eigenvalue weighted by molar-refractivity contribution is 8.01. The smallest absolute Gasteiger partial charge is 0.224 e. The van der Waals surface area contributed by atoms with Crippen molar-refractivity contribution in [2.75, 3.05) is 0 Å². The molecule has 2 atom stereocenters. The number of para-hydroxylation sites is 1. The van der Waals surface area contributed by atoms with Gasteiger partial charge in [-0.3, -0.25) is 0 Å². The molecule has 214 valence electrons. The van der Waals surface area contributed by atoms with Crippen molar-refractivity contribution in [3.63, 3.8) is 0 Å². The molecule has 0 fully saturated rings. The van der Waals surface area contributed by atoms with Crippen LogP contribution in [0.25, 0.3) is 69.7 Å². The summed E-state index contributed by atoms with van der Waals surface area (Å²) < 4.78 is 4.99. The van der Waals surface area contributed by atoms with Gasteiger partial charge in [-0.05, 0) is 48.2 Å². The van der Waals surface area contributed by atoms with E-state index < -0.39 is 0 Å². The van der Waals surface area contributed by atoms with Crippen molar-refractivity contribution in [1.29, 1.82) is 0 Å². The van der Waals surface area contributed by atoms with E-state index in [9.17, 15) is 0 Å². The van der Waals surface area contributed by atoms with Crippen LogP contribution in [0.5, 0.6) is 0 Å². The first kappa shape index (κ1) is 25.9. The van der Waals surface area contributed by atoms with Crippen molar-refractivity contribution in [3.8, 4) is 16.9 Å². The van der Waals surface area contributed by atoms with Gasteiger partial charge in [-0.25, -0.2) is 9.97 Å². The Bertz CT molecular complexity index is 2630. The molecule has 1 aliphatic heterocycles. The molecular weight excluding hydrogens is 610 g/mol. The SMILES string of the molecule is CC12C=CC=CC1c1c(nc(Cl)nc1-c1cccc(-n3c4ccccc4c4c5ccccc5c5sc6ccccc6c5c43)c1)S2. The summed E-state index contributed by atoms with van der Waals surface area (Å²) in [6.07, 6.45) is 8.82. The van der Waals surface area contributed by atoms with Crippen molar-refractivity contribution < 1.29 is 0 Å². The fourth-order valence-electron chi connectivity index (χ4n) is 7.59. The molecule has 0 amide bonds. The molecule has 3 nitrogen and oxygen atoms in total. The first-order valence-electron chi connectivity index (χ1n) is 15.1. The van der Waals surface area contributed by atoms with Crippen molar-refractivity contribution in [3.05, 3.63) is 132 Å². The predicted molar refractivity (Wildman–Crippen MR) is 192 cm³/mol. The number of nitrogens with zero attached hydrogens (tertiary/aromatic N) is 3. The summed E-state index contributed by atoms with van der Waals surface area (Å²) in [5.74, 6) is 0.176. The molecule has 0 radical (unpaired) electrons. The predicted octanol–water partition coefficient (Wildman–Crippen LogP) is 11.5. The fraction of sp³-hybridized carbons (Fsp3) is 0.0769. The fourth-order valence-corrected chi connectivity index (χ4v) is 10.4. The second-order valence-electron chi connectivity index (χ2n) is 12.0. The first-order chi connectivity index (χ1) is 22.1. The van der Waals surface area contributed by atoms with Crippen LogP contribution in [0.1, 0.15) is 18.4 Å². The van der Waals surface area contributed by atoms with Crippen LogP contribution in [0.15, 0.2) is 126 Å². The van der Waals surface area contributed by atoms with Gasteiger partial charge in [-0.15, -0.1) is 11.3 Å². The average Bonchev–Trinajstić information content (AvgIpc) is 3.71. The Balaban J connectivity index is 1.32. The van der Waals surface area contributed by atoms with Crippen LogP contribution >= 0.6 is 34.7 Å². The van der Waals surface area contributed by atoms with Crippen LogP contribution in [-0.4, -0.2) is 19.3 Å². The van der Waals surface area contributed by atoms with Gasteiger partial charge < -0.3 is 4.57 Å². The molecule has 2 aliphatic rings. The molecule has 0 saturated heterocycles. The van der Waals surface area contributed by atoms with Gasteiger partial charge in [0.1, 0.15) is 5.03 Å². The first-order valence-corrected chi connectivity index (χ1v) is 17.1. The maximum Gasteiger partial charge on any atom is 0.224 e. The maximum atomic E-state index is 6.61. The average molecular weight is 634 g/mol. The van der Waals surface area contributed by atoms with Crippen molar-refractivity contribution in [2.45, 2.75) is 22.6 Å². The lowest BCUT2D eigenvalue weighted by atomic mass is 9.83. The number of thioether (sulfide) groups is 1. The van der Waals surface area contributed by atoms with Crippen molar-refractivity contribution in [1.82, 2.24) is 14.5 Å². The van der Waals surface area contributed by atoms with Crippen LogP contribution in [0, 0.1) is 0 Å². The quantitative estimate of drug-likeness (QED) is 0.140. The number of halogens is 1. The van der Waals surface area contributed by atoms with Gasteiger partial charge >= 0.3 is 0 Å². The molecule has 1 aliphatic carbocycles. The summed E-state index contributed by atoms with van der Waals surface area (Å²) in [6, 6.07) is 35.3. The number of hydrogen-bond donors (Lipinski definition) is 0. The largest absolute Gasteiger partial charge is 0.309 e. The molecular formula is C39H24ClN3S2. The third-order valence-corrected chi connectivity index (χ3v) is 12.2. The van der Waals surface area contributed by atoms with Crippen molar-refractivity contribution in [2.24, 2.45) is 0 Å². The van der Waals surface area contributed by atoms with Gasteiger partial charge in [0.2, 0.25) is 5.28 Å². The minimum atomic E-state index is -0.109. The van der Waals surface area contributed by atoms with E-state index in [1.165, 1.54) is 52.8 Å². The van der Waals surface area contributed by atoms with E-state index >= 15 is 0 Å². The number of rotatable bonds is 2. The Kier molecular flexibility index (Phi) is 5.35. The molecule has 5 aromatic carbocycles. The third-order valence-electron chi connectivity index (χ3n) is 9.50. The monoisotopic (exact) mass is 633 g/mol. The minimum absolute atomic E-state index is 0.109. The highest BCUT2D eigenvalue weighted by Crippen LogP contribution is 2.57. The molecule has 0 N–H and O–H groups in total. The normalized spacial score (nSPS) is 18.9. The topological polar surface area (TPSA) is 30.7 Å². The molecule has 3 aromatic heterocycles. The zero-order valence-electron chi connectivity index (χ0n) is 24.2. The van der Waals surface area contributed by atoms with E-state index in [0.29, 0.717) is 0 Å². The van der Waals surface area contributed by atoms with E-state index in [2.05, 4.69) is 133 Å². The molecule has 0 bridgehead atoms. The highest BCUT2D eigenvalue weighted by atomic mass is 35.5. The number of allylic oxidation sites excluding steroid dienone is 3. The summed E-state index contributed by atoms with van der Waals surface area (Å²) in [5, 5.41) is 8.99. The summed E-state index contributed by atoms with van der Waals surface area (Å²) >= 11 is 10.3. The summed E-state index contributed by atoms with van der Waals surface area (Å²) in [7, 11) is 0. The number of hydrogen-bond acceptors (Lipinski definition) is 4. The van der Waals surface area contributed by atoms with E-state index in [-0.39, 0.29) is 15.9 Å². The number of fused-ring (bicyclic) bond motifs is 13. The van der Waals surface area contributed by atoms with Crippen LogP contribution in [0.2, 0.25) is 5.28 Å². The van der Waals surface area contributed by atoms with Gasteiger partial charge in [0.25, 0.3) is 0 Å². The highest BCUT2D eigenvalue weighted by Gasteiger charge is 2.44. The number of benzene rings is 5. The second-order valence-corrected chi connectivity index (χ2v) is 14.9. The Morgan fingerprint density at radius 2 is 1.56 bits per heavy atom. The lowest BCUT2D eigenvalue weighted by Crippen LogP contribution is -2.22. The summed E-state index contributed by atoms with van der Waals surface area (Å²) in [6.45, 7) is 2.27. The van der Waals surface area contributed by atoms with Crippen LogP contribution < -0.4 is 0 Å². The Morgan fingerprint density at radius 3 is 2.44 bits per heavy atom. The molecule has 0 saturated carbocycles. The van der Waals surface area contributed by atoms with Crippen LogP contribution in [0.3, 0.4) is 0 Å². The second kappa shape index (κ2) is 9.30. The maximum absolute atomic E-state index is 6.61. The molecule has 8 aromatic rings. The number of aromatic nitrogens is 3. The summed E-state index contributed by atoms with van der Waals surface area (Å²) in [4.78, 5) is 9.58. The summed E-state index contributed by atoms with van der Waals surface area (Å²) in [5.41, 5.74) is 6.64. The molecule has 0 spiro atoms. The van der Waals surface area contributed by atoms with Crippen LogP contribution in [0.4, 0.5) is 0 Å². The third kappa shape index (κ3) is 3.54. The number of thiophene rings is 1. The molecule has 6 heteroatoms. The van der Waals surface area contributed by atoms with Gasteiger partial charge in [-0.1, -0.05) is 109 Å². The van der Waals surface area contributed by atoms with E-state index in [1.807, 2.05) is 11.3 Å². The Morgan fingerprint density at radius 1 is 0.778 bits per heavy atom. The van der Waals surface area contributed by atoms with Crippen molar-refractivity contribution >= 4 is 87.5 Å². The molecule has 10 rings (SSSR count). The van der Waals surface area contributed by atoms with Gasteiger partial charge in [0.15, 0.2) is 0 Å². The van der Waals surface area contributed by atoms with E-state index in [1.54, 1.807) is 11.8 Å². The lowest BCUT2D eigenvalue weighted by Gasteiger charge is -2.27. The minimum Gasteiger partial charge on any atom is -0.309 e. The van der Waals surface area contributed by atoms with Crippen LogP contribution in [-0.2, 0) is 0 Å². The van der Waals surface area contributed by atoms with Gasteiger partial charge in [-0.2, -0.15) is 0 Å². The van der Waals surface area contributed by atoms with E-state index in [0.717, 1.165) is 27.5 Å². The zero-order valence-corrected chi connectivity index (χ0v) is 26.5. The van der Waals surface area contributed by atoms with E-state index in [4.69, 9.17) is 21.6 Å². The zero-order chi connectivity index (χ0) is 29.9. The molecule has 2 unspecified atom stereocenters. The Labute approximate surface area is 272 Å². The molecule has 4 heterocycles. The standard InChI is InChI=1S/C39H24ClN3S2/c1-39-20-9-8-17-28(39)33-34(41-38(40)42-37(33)45-39)22-11-10-12-23(21-22)43-29-18-6-4-15-26(29)31-24-13-2-3-14-25(24)36-32(35(31)43)27-16-5-7-19-30(27)44-36/h2-21,28H,1H3. The molecule has 45 heavy (non-hydrogen) atoms. The van der Waals surface area contributed by atoms with Gasteiger partial charge in [0.05, 0.1) is 16.7 Å². The van der Waals surface area contributed by atoms with Gasteiger partial charge in [0, 0.05) is 63.8 Å².